The van der Waals surface area contributed by atoms with E-state index < -0.39 is 11.5 Å². The summed E-state index contributed by atoms with van der Waals surface area (Å²) in [6.45, 7) is 9.47. The summed E-state index contributed by atoms with van der Waals surface area (Å²) < 4.78 is 0. The number of allylic oxidation sites excluding steroid dienone is 1. The number of hydrogen-bond acceptors (Lipinski definition) is 2. The lowest BCUT2D eigenvalue weighted by atomic mass is 9.98. The Balaban J connectivity index is 0. The minimum atomic E-state index is -0.747. The van der Waals surface area contributed by atoms with Gasteiger partial charge in [-0.25, -0.2) is 4.79 Å². The van der Waals surface area contributed by atoms with Crippen LogP contribution in [0.15, 0.2) is 12.3 Å². The second kappa shape index (κ2) is 7.32. The molecule has 1 aliphatic rings. The first kappa shape index (κ1) is 16.4. The van der Waals surface area contributed by atoms with Gasteiger partial charge in [-0.3, -0.25) is 0 Å². The summed E-state index contributed by atoms with van der Waals surface area (Å²) in [6.07, 6.45) is 3.42. The molecule has 0 saturated heterocycles. The molecule has 2 N–H and O–H groups in total. The summed E-state index contributed by atoms with van der Waals surface area (Å²) in [5, 5.41) is 12.0. The van der Waals surface area contributed by atoms with Crippen molar-refractivity contribution in [3.05, 3.63) is 12.3 Å². The maximum Gasteiger partial charge on any atom is 0.329 e. The summed E-state index contributed by atoms with van der Waals surface area (Å²) in [5.41, 5.74) is 0.0190. The van der Waals surface area contributed by atoms with Gasteiger partial charge in [-0.05, 0) is 19.8 Å². The monoisotopic (exact) mass is 215 g/mol. The van der Waals surface area contributed by atoms with Crippen molar-refractivity contribution >= 4 is 5.97 Å². The highest BCUT2D eigenvalue weighted by Crippen LogP contribution is 2.30. The van der Waals surface area contributed by atoms with Gasteiger partial charge in [-0.15, -0.1) is 0 Å². The third-order valence-corrected chi connectivity index (χ3v) is 2.32. The van der Waals surface area contributed by atoms with Gasteiger partial charge in [0, 0.05) is 5.70 Å². The molecule has 1 aliphatic carbocycles. The van der Waals surface area contributed by atoms with Gasteiger partial charge in [0.25, 0.3) is 0 Å². The van der Waals surface area contributed by atoms with Crippen LogP contribution in [0.4, 0.5) is 0 Å². The van der Waals surface area contributed by atoms with Crippen molar-refractivity contribution < 1.29 is 9.90 Å². The second-order valence-corrected chi connectivity index (χ2v) is 3.50. The van der Waals surface area contributed by atoms with Gasteiger partial charge in [0.15, 0.2) is 0 Å². The van der Waals surface area contributed by atoms with Gasteiger partial charge < -0.3 is 10.4 Å². The summed E-state index contributed by atoms with van der Waals surface area (Å²) in [6, 6.07) is 0. The fourth-order valence-electron chi connectivity index (χ4n) is 1.78. The summed E-state index contributed by atoms with van der Waals surface area (Å²) >= 11 is 0. The Morgan fingerprint density at radius 1 is 1.33 bits per heavy atom. The highest BCUT2D eigenvalue weighted by molar-refractivity contribution is 5.79. The molecule has 0 amide bonds. The standard InChI is InChI=1S/C9H15NO2.C2H6.CH4/c1-7(2)10-9(8(11)12)5-3-4-6-9;1-2;/h10H,1,3-6H2,2H3,(H,11,12);1-2H3;1H4. The number of carboxylic acids is 1. The van der Waals surface area contributed by atoms with E-state index in [9.17, 15) is 4.79 Å². The zero-order valence-electron chi connectivity index (χ0n) is 9.39. The summed E-state index contributed by atoms with van der Waals surface area (Å²) in [5.74, 6) is -0.747. The molecule has 0 aliphatic heterocycles. The van der Waals surface area contributed by atoms with Crippen LogP contribution in [-0.4, -0.2) is 16.6 Å². The Morgan fingerprint density at radius 3 is 2.00 bits per heavy atom. The molecule has 0 aromatic rings. The van der Waals surface area contributed by atoms with Crippen LogP contribution < -0.4 is 5.32 Å². The highest BCUT2D eigenvalue weighted by atomic mass is 16.4. The molecule has 0 bridgehead atoms. The molecule has 0 aromatic carbocycles. The van der Waals surface area contributed by atoms with Crippen molar-refractivity contribution in [3.8, 4) is 0 Å². The SMILES string of the molecule is C.C=C(C)NC1(C(=O)O)CCCC1.CC. The van der Waals surface area contributed by atoms with Gasteiger partial charge in [0.1, 0.15) is 5.54 Å². The maximum absolute atomic E-state index is 11.0. The number of carbonyl (C=O) groups is 1. The number of carboxylic acid groups (broad SMARTS) is 1. The lowest BCUT2D eigenvalue weighted by Gasteiger charge is -2.26. The van der Waals surface area contributed by atoms with Crippen molar-refractivity contribution in [2.75, 3.05) is 0 Å². The zero-order valence-corrected chi connectivity index (χ0v) is 9.39. The number of nitrogens with one attached hydrogen (secondary N) is 1. The Kier molecular flexibility index (Phi) is 8.02. The lowest BCUT2D eigenvalue weighted by Crippen LogP contribution is -2.48. The second-order valence-electron chi connectivity index (χ2n) is 3.50. The predicted molar refractivity (Wildman–Crippen MR) is 64.9 cm³/mol. The van der Waals surface area contributed by atoms with E-state index in [1.807, 2.05) is 13.8 Å². The van der Waals surface area contributed by atoms with Crippen molar-refractivity contribution in [3.63, 3.8) is 0 Å². The average Bonchev–Trinajstić information content (AvgIpc) is 2.57. The van der Waals surface area contributed by atoms with E-state index in [0.717, 1.165) is 31.4 Å². The highest BCUT2D eigenvalue weighted by Gasteiger charge is 2.40. The van der Waals surface area contributed by atoms with Crippen LogP contribution in [0.25, 0.3) is 0 Å². The molecule has 0 heterocycles. The van der Waals surface area contributed by atoms with Crippen LogP contribution in [0, 0.1) is 0 Å². The molecule has 0 spiro atoms. The van der Waals surface area contributed by atoms with Crippen LogP contribution in [0.1, 0.15) is 53.9 Å². The van der Waals surface area contributed by atoms with Crippen LogP contribution in [0.5, 0.6) is 0 Å². The van der Waals surface area contributed by atoms with E-state index in [4.69, 9.17) is 5.11 Å². The number of hydrogen-bond donors (Lipinski definition) is 2. The van der Waals surface area contributed by atoms with Crippen LogP contribution >= 0.6 is 0 Å². The third-order valence-electron chi connectivity index (χ3n) is 2.32. The quantitative estimate of drug-likeness (QED) is 0.760. The van der Waals surface area contributed by atoms with Gasteiger partial charge in [0.2, 0.25) is 0 Å². The summed E-state index contributed by atoms with van der Waals surface area (Å²) in [4.78, 5) is 11.0. The fraction of sp³-hybridized carbons (Fsp3) is 0.750. The molecule has 1 rings (SSSR count). The molecule has 15 heavy (non-hydrogen) atoms. The molecule has 3 nitrogen and oxygen atoms in total. The minimum absolute atomic E-state index is 0. The molecular formula is C12H25NO2. The van der Waals surface area contributed by atoms with Crippen LogP contribution in [0.3, 0.4) is 0 Å². The van der Waals surface area contributed by atoms with E-state index >= 15 is 0 Å². The normalized spacial score (nSPS) is 16.7. The molecule has 0 atom stereocenters. The maximum atomic E-state index is 11.0. The molecular weight excluding hydrogens is 190 g/mol. The number of aliphatic carboxylic acids is 1. The average molecular weight is 215 g/mol. The molecule has 1 fully saturated rings. The van der Waals surface area contributed by atoms with Crippen molar-refractivity contribution in [2.24, 2.45) is 0 Å². The smallest absolute Gasteiger partial charge is 0.329 e. The predicted octanol–water partition coefficient (Wildman–Crippen LogP) is 3.17. The van der Waals surface area contributed by atoms with E-state index in [1.165, 1.54) is 0 Å². The fourth-order valence-corrected chi connectivity index (χ4v) is 1.78. The van der Waals surface area contributed by atoms with Crippen molar-refractivity contribution in [1.29, 1.82) is 0 Å². The summed E-state index contributed by atoms with van der Waals surface area (Å²) in [7, 11) is 0. The molecule has 0 unspecified atom stereocenters. The molecule has 1 saturated carbocycles. The first-order chi connectivity index (χ1) is 6.57. The Morgan fingerprint density at radius 2 is 1.73 bits per heavy atom. The van der Waals surface area contributed by atoms with E-state index in [0.29, 0.717) is 0 Å². The van der Waals surface area contributed by atoms with Gasteiger partial charge in [-0.1, -0.05) is 40.7 Å². The van der Waals surface area contributed by atoms with Gasteiger partial charge in [-0.2, -0.15) is 0 Å². The first-order valence-corrected chi connectivity index (χ1v) is 5.24. The zero-order chi connectivity index (χ0) is 11.2. The molecule has 3 heteroatoms. The van der Waals surface area contributed by atoms with E-state index in [-0.39, 0.29) is 7.43 Å². The molecule has 0 radical (unpaired) electrons. The van der Waals surface area contributed by atoms with E-state index in [1.54, 1.807) is 6.92 Å². The van der Waals surface area contributed by atoms with Crippen molar-refractivity contribution in [2.45, 2.75) is 59.4 Å². The Bertz CT molecular complexity index is 206. The largest absolute Gasteiger partial charge is 0.480 e. The van der Waals surface area contributed by atoms with Crippen LogP contribution in [0.2, 0.25) is 0 Å². The number of rotatable bonds is 3. The first-order valence-electron chi connectivity index (χ1n) is 5.24. The van der Waals surface area contributed by atoms with Crippen LogP contribution in [-0.2, 0) is 4.79 Å². The lowest BCUT2D eigenvalue weighted by molar-refractivity contribution is -0.144. The topological polar surface area (TPSA) is 49.3 Å². The van der Waals surface area contributed by atoms with Gasteiger partial charge >= 0.3 is 5.97 Å². The molecule has 0 aromatic heterocycles. The van der Waals surface area contributed by atoms with E-state index in [2.05, 4.69) is 11.9 Å². The molecule has 90 valence electrons. The minimum Gasteiger partial charge on any atom is -0.480 e. The Labute approximate surface area is 93.6 Å². The third kappa shape index (κ3) is 4.36. The van der Waals surface area contributed by atoms with Gasteiger partial charge in [0.05, 0.1) is 0 Å². The Hall–Kier alpha value is -0.990. The van der Waals surface area contributed by atoms with Crippen molar-refractivity contribution in [1.82, 2.24) is 5.32 Å².